The first-order chi connectivity index (χ1) is 2.89. The third-order valence-electron chi connectivity index (χ3n) is 0.451. The fourth-order valence-corrected chi connectivity index (χ4v) is 0.222. The predicted molar refractivity (Wildman–Crippen MR) is 23.2 cm³/mol. The van der Waals surface area contributed by atoms with Crippen molar-refractivity contribution >= 4 is 20.7 Å². The van der Waals surface area contributed by atoms with Gasteiger partial charge in [-0.05, 0) is 0 Å². The maximum absolute atomic E-state index is 5.07. The zero-order chi connectivity index (χ0) is 4.41. The number of nitrogens with zero attached hydrogens (tertiary/aromatic N) is 1. The van der Waals surface area contributed by atoms with Crippen LogP contribution in [0.3, 0.4) is 0 Å². The standard InChI is InChI=1S/C2HB2NO/c3-2-1-6-4-5-2/h1H. The van der Waals surface area contributed by atoms with Gasteiger partial charge in [-0.25, -0.2) is 0 Å². The van der Waals surface area contributed by atoms with Crippen LogP contribution in [-0.2, 0) is 0 Å². The molecule has 0 unspecified atom stereocenters. The molecule has 0 aliphatic carbocycles. The van der Waals surface area contributed by atoms with Gasteiger partial charge < -0.3 is 0 Å². The van der Waals surface area contributed by atoms with Crippen LogP contribution in [0.4, 0.5) is 0 Å². The molecule has 0 saturated heterocycles. The summed E-state index contributed by atoms with van der Waals surface area (Å²) in [5.74, 6) is 0. The molecule has 0 bridgehead atoms. The molecule has 1 heterocycles. The summed E-state index contributed by atoms with van der Waals surface area (Å²) in [6, 6.07) is 0. The van der Waals surface area contributed by atoms with Crippen molar-refractivity contribution < 1.29 is 4.33 Å². The Kier molecular flexibility index (Phi) is 0.783. The third-order valence-corrected chi connectivity index (χ3v) is 0.451. The molecule has 0 N–H and O–H groups in total. The van der Waals surface area contributed by atoms with E-state index in [-0.39, 0.29) is 0 Å². The average Bonchev–Trinajstić information content (AvgIpc) is 1.86. The van der Waals surface area contributed by atoms with Gasteiger partial charge in [-0.3, -0.25) is 0 Å². The Morgan fingerprint density at radius 2 is 2.83 bits per heavy atom. The quantitative estimate of drug-likeness (QED) is 0.363. The Bertz CT molecular complexity index is 115. The molecule has 0 amide bonds. The molecule has 1 rings (SSSR count). The topological polar surface area (TPSA) is 26.0 Å². The van der Waals surface area contributed by atoms with Crippen LogP contribution >= 0.6 is 0 Å². The Labute approximate surface area is 37.3 Å². The van der Waals surface area contributed by atoms with Gasteiger partial charge in [0.2, 0.25) is 0 Å². The molecule has 0 saturated carbocycles. The van der Waals surface area contributed by atoms with Crippen molar-refractivity contribution in [1.82, 2.24) is 4.89 Å². The molecule has 2 radical (unpaired) electrons. The summed E-state index contributed by atoms with van der Waals surface area (Å²) >= 11 is 0. The maximum atomic E-state index is 5.07. The second kappa shape index (κ2) is 1.29. The van der Waals surface area contributed by atoms with Crippen LogP contribution in [0.1, 0.15) is 0 Å². The van der Waals surface area contributed by atoms with Gasteiger partial charge in [-0.15, -0.1) is 0 Å². The summed E-state index contributed by atoms with van der Waals surface area (Å²) in [4.78, 5) is 3.53. The summed E-state index contributed by atoms with van der Waals surface area (Å²) in [6.45, 7) is 0. The van der Waals surface area contributed by atoms with Gasteiger partial charge in [0.05, 0.1) is 0 Å². The fourth-order valence-electron chi connectivity index (χ4n) is 0.222. The van der Waals surface area contributed by atoms with Crippen molar-refractivity contribution in [3.05, 3.63) is 6.26 Å². The predicted octanol–water partition coefficient (Wildman–Crippen LogP) is -1.19. The minimum absolute atomic E-state index is 0.426. The van der Waals surface area contributed by atoms with E-state index in [0.29, 0.717) is 5.59 Å². The van der Waals surface area contributed by atoms with Crippen molar-refractivity contribution in [3.63, 3.8) is 0 Å². The van der Waals surface area contributed by atoms with E-state index in [9.17, 15) is 0 Å². The van der Waals surface area contributed by atoms with E-state index >= 15 is 0 Å². The van der Waals surface area contributed by atoms with Gasteiger partial charge in [0.25, 0.3) is 0 Å². The van der Waals surface area contributed by atoms with Crippen molar-refractivity contribution in [2.75, 3.05) is 0 Å². The Balaban J connectivity index is 3.05. The Hall–Kier alpha value is -0.530. The second-order valence-corrected chi connectivity index (χ2v) is 0.913. The average molecular weight is 76.7 g/mol. The molecule has 4 heteroatoms. The summed E-state index contributed by atoms with van der Waals surface area (Å²) in [7, 11) is 6.36. The Morgan fingerprint density at radius 1 is 2.00 bits per heavy atom. The summed E-state index contributed by atoms with van der Waals surface area (Å²) < 4.78 is 4.48. The van der Waals surface area contributed by atoms with Gasteiger partial charge in [0, 0.05) is 0 Å². The molecular formula is C2HB2NO. The Morgan fingerprint density at radius 3 is 3.00 bits per heavy atom. The van der Waals surface area contributed by atoms with E-state index in [2.05, 4.69) is 9.22 Å². The van der Waals surface area contributed by atoms with E-state index in [1.165, 1.54) is 13.5 Å². The van der Waals surface area contributed by atoms with Gasteiger partial charge in [0.15, 0.2) is 0 Å². The SMILES string of the molecule is [B]c1cobn1. The van der Waals surface area contributed by atoms with E-state index in [1.807, 2.05) is 0 Å². The molecule has 1 aromatic heterocycles. The molecule has 0 spiro atoms. The van der Waals surface area contributed by atoms with E-state index in [0.717, 1.165) is 0 Å². The number of aromatic nitrogens is 1. The van der Waals surface area contributed by atoms with Gasteiger partial charge >= 0.3 is 36.2 Å². The summed E-state index contributed by atoms with van der Waals surface area (Å²) in [5.41, 5.74) is 0.426. The number of hydrogen-bond donors (Lipinski definition) is 0. The summed E-state index contributed by atoms with van der Waals surface area (Å²) in [6.07, 6.45) is 1.38. The number of hydrogen-bond acceptors (Lipinski definition) is 2. The van der Waals surface area contributed by atoms with Crippen LogP contribution in [0.15, 0.2) is 10.6 Å². The van der Waals surface area contributed by atoms with Crippen LogP contribution in [0.5, 0.6) is 0 Å². The molecule has 1 aromatic rings. The van der Waals surface area contributed by atoms with E-state index in [4.69, 9.17) is 7.85 Å². The fraction of sp³-hybridized carbons (Fsp3) is 0. The van der Waals surface area contributed by atoms with Gasteiger partial charge in [0.1, 0.15) is 0 Å². The molecular weight excluding hydrogens is 75.7 g/mol. The molecule has 0 atom stereocenters. The van der Waals surface area contributed by atoms with Crippen molar-refractivity contribution in [2.24, 2.45) is 0 Å². The number of rotatable bonds is 0. The zero-order valence-electron chi connectivity index (χ0n) is 3.09. The van der Waals surface area contributed by atoms with E-state index in [1.54, 1.807) is 0 Å². The molecule has 26 valence electrons. The zero-order valence-corrected chi connectivity index (χ0v) is 3.09. The molecule has 0 fully saturated rings. The molecule has 6 heavy (non-hydrogen) atoms. The first-order valence-electron chi connectivity index (χ1n) is 1.53. The summed E-state index contributed by atoms with van der Waals surface area (Å²) in [5, 5.41) is 0. The van der Waals surface area contributed by atoms with Crippen LogP contribution in [0, 0.1) is 0 Å². The normalized spacial score (nSPS) is 8.00. The minimum atomic E-state index is 0.426. The van der Waals surface area contributed by atoms with Crippen LogP contribution in [-0.4, -0.2) is 20.0 Å². The molecule has 2 nitrogen and oxygen atoms in total. The van der Waals surface area contributed by atoms with Crippen molar-refractivity contribution in [1.29, 1.82) is 0 Å². The van der Waals surface area contributed by atoms with E-state index < -0.39 is 0 Å². The first kappa shape index (κ1) is 3.65. The first-order valence-corrected chi connectivity index (χ1v) is 1.53. The third kappa shape index (κ3) is 0.506. The second-order valence-electron chi connectivity index (χ2n) is 0.913. The van der Waals surface area contributed by atoms with Crippen molar-refractivity contribution in [3.8, 4) is 0 Å². The van der Waals surface area contributed by atoms with Gasteiger partial charge in [-0.1, -0.05) is 0 Å². The van der Waals surface area contributed by atoms with Gasteiger partial charge in [-0.2, -0.15) is 0 Å². The molecule has 0 aromatic carbocycles. The van der Waals surface area contributed by atoms with Crippen LogP contribution < -0.4 is 5.59 Å². The monoisotopic (exact) mass is 77.0 g/mol. The van der Waals surface area contributed by atoms with Crippen molar-refractivity contribution in [2.45, 2.75) is 0 Å². The molecule has 0 aliphatic rings. The molecule has 0 aliphatic heterocycles. The van der Waals surface area contributed by atoms with Crippen LogP contribution in [0.25, 0.3) is 0 Å². The van der Waals surface area contributed by atoms with Crippen LogP contribution in [0.2, 0.25) is 0 Å².